The summed E-state index contributed by atoms with van der Waals surface area (Å²) in [7, 11) is 0. The van der Waals surface area contributed by atoms with E-state index < -0.39 is 0 Å². The van der Waals surface area contributed by atoms with Crippen LogP contribution >= 0.6 is 23.2 Å². The lowest BCUT2D eigenvalue weighted by Crippen LogP contribution is -2.29. The summed E-state index contributed by atoms with van der Waals surface area (Å²) in [6.07, 6.45) is 2.38. The van der Waals surface area contributed by atoms with Crippen LogP contribution in [-0.4, -0.2) is 0 Å². The summed E-state index contributed by atoms with van der Waals surface area (Å²) in [6, 6.07) is 13.2. The molecule has 3 aromatic rings. The molecule has 0 saturated carbocycles. The van der Waals surface area contributed by atoms with Crippen LogP contribution in [0.5, 0.6) is 0 Å². The van der Waals surface area contributed by atoms with Crippen molar-refractivity contribution in [2.75, 3.05) is 0 Å². The van der Waals surface area contributed by atoms with Crippen LogP contribution in [0.15, 0.2) is 53.1 Å². The number of hydrazine groups is 1. The summed E-state index contributed by atoms with van der Waals surface area (Å²) in [5.74, 6) is 5.72. The molecule has 1 unspecified atom stereocenters. The molecular formula is C16H14Cl2N2O. The fourth-order valence-electron chi connectivity index (χ4n) is 2.43. The molecular weight excluding hydrogens is 307 g/mol. The minimum absolute atomic E-state index is 0.0904. The fourth-order valence-corrected chi connectivity index (χ4v) is 2.92. The molecule has 1 heterocycles. The van der Waals surface area contributed by atoms with E-state index in [0.717, 1.165) is 22.1 Å². The number of benzene rings is 2. The van der Waals surface area contributed by atoms with Crippen LogP contribution in [0.4, 0.5) is 0 Å². The maximum atomic E-state index is 6.23. The van der Waals surface area contributed by atoms with Gasteiger partial charge in [-0.25, -0.2) is 0 Å². The second-order valence-corrected chi connectivity index (χ2v) is 5.69. The van der Waals surface area contributed by atoms with Crippen molar-refractivity contribution in [1.82, 2.24) is 5.43 Å². The molecule has 0 aliphatic rings. The van der Waals surface area contributed by atoms with E-state index in [1.54, 1.807) is 12.3 Å². The van der Waals surface area contributed by atoms with Gasteiger partial charge in [-0.05, 0) is 30.2 Å². The molecule has 21 heavy (non-hydrogen) atoms. The Morgan fingerprint density at radius 1 is 1.14 bits per heavy atom. The molecule has 0 bridgehead atoms. The van der Waals surface area contributed by atoms with Crippen LogP contribution in [-0.2, 0) is 6.42 Å². The summed E-state index contributed by atoms with van der Waals surface area (Å²) in [4.78, 5) is 0. The number of hydrogen-bond acceptors (Lipinski definition) is 3. The van der Waals surface area contributed by atoms with Gasteiger partial charge in [0.2, 0.25) is 0 Å². The highest BCUT2D eigenvalue weighted by Gasteiger charge is 2.17. The molecule has 5 heteroatoms. The van der Waals surface area contributed by atoms with E-state index in [1.807, 2.05) is 36.4 Å². The number of rotatable bonds is 4. The van der Waals surface area contributed by atoms with E-state index in [0.29, 0.717) is 16.5 Å². The molecule has 0 amide bonds. The highest BCUT2D eigenvalue weighted by Crippen LogP contribution is 2.30. The van der Waals surface area contributed by atoms with Gasteiger partial charge in [0.1, 0.15) is 5.58 Å². The van der Waals surface area contributed by atoms with E-state index in [9.17, 15) is 0 Å². The molecule has 3 N–H and O–H groups in total. The zero-order valence-electron chi connectivity index (χ0n) is 11.1. The first kappa shape index (κ1) is 14.4. The number of para-hydroxylation sites is 1. The first-order valence-corrected chi connectivity index (χ1v) is 7.31. The average Bonchev–Trinajstić information content (AvgIpc) is 2.91. The molecule has 2 aromatic carbocycles. The van der Waals surface area contributed by atoms with Crippen LogP contribution in [0.25, 0.3) is 11.0 Å². The summed E-state index contributed by atoms with van der Waals surface area (Å²) >= 11 is 12.2. The molecule has 0 aliphatic heterocycles. The van der Waals surface area contributed by atoms with Crippen LogP contribution in [0.2, 0.25) is 10.0 Å². The van der Waals surface area contributed by atoms with Gasteiger partial charge >= 0.3 is 0 Å². The van der Waals surface area contributed by atoms with Crippen molar-refractivity contribution >= 4 is 34.2 Å². The summed E-state index contributed by atoms with van der Waals surface area (Å²) < 4.78 is 5.57. The van der Waals surface area contributed by atoms with Gasteiger partial charge in [0, 0.05) is 21.0 Å². The number of halogens is 2. The lowest BCUT2D eigenvalue weighted by Gasteiger charge is -2.16. The highest BCUT2D eigenvalue weighted by molar-refractivity contribution is 6.35. The van der Waals surface area contributed by atoms with Crippen LogP contribution in [0.1, 0.15) is 17.2 Å². The first-order valence-electron chi connectivity index (χ1n) is 6.55. The SMILES string of the molecule is NNC(Cc1ccc(Cl)cc1Cl)c1coc2ccccc12. The molecule has 3 rings (SSSR count). The third-order valence-electron chi connectivity index (χ3n) is 3.53. The van der Waals surface area contributed by atoms with Crippen molar-refractivity contribution in [3.05, 3.63) is 69.9 Å². The van der Waals surface area contributed by atoms with Crippen LogP contribution in [0, 0.1) is 0 Å². The van der Waals surface area contributed by atoms with E-state index >= 15 is 0 Å². The fraction of sp³-hybridized carbons (Fsp3) is 0.125. The Morgan fingerprint density at radius 2 is 1.95 bits per heavy atom. The lowest BCUT2D eigenvalue weighted by atomic mass is 9.99. The van der Waals surface area contributed by atoms with Gasteiger partial charge in [-0.2, -0.15) is 0 Å². The van der Waals surface area contributed by atoms with Crippen LogP contribution < -0.4 is 11.3 Å². The normalized spacial score (nSPS) is 12.7. The van der Waals surface area contributed by atoms with Crippen molar-refractivity contribution in [3.8, 4) is 0 Å². The third kappa shape index (κ3) is 2.92. The van der Waals surface area contributed by atoms with Crippen molar-refractivity contribution in [3.63, 3.8) is 0 Å². The quantitative estimate of drug-likeness (QED) is 0.550. The Kier molecular flexibility index (Phi) is 4.17. The molecule has 0 saturated heterocycles. The second-order valence-electron chi connectivity index (χ2n) is 4.85. The van der Waals surface area contributed by atoms with Crippen molar-refractivity contribution in [1.29, 1.82) is 0 Å². The first-order chi connectivity index (χ1) is 10.2. The van der Waals surface area contributed by atoms with Gasteiger partial charge in [0.15, 0.2) is 0 Å². The van der Waals surface area contributed by atoms with Gasteiger partial charge in [-0.1, -0.05) is 47.5 Å². The largest absolute Gasteiger partial charge is 0.464 e. The molecule has 0 fully saturated rings. The number of nitrogens with one attached hydrogen (secondary N) is 1. The third-order valence-corrected chi connectivity index (χ3v) is 4.11. The van der Waals surface area contributed by atoms with Gasteiger partial charge in [-0.15, -0.1) is 0 Å². The molecule has 0 spiro atoms. The zero-order valence-corrected chi connectivity index (χ0v) is 12.7. The van der Waals surface area contributed by atoms with Crippen molar-refractivity contribution < 1.29 is 4.42 Å². The Labute approximate surface area is 132 Å². The predicted molar refractivity (Wildman–Crippen MR) is 86.4 cm³/mol. The van der Waals surface area contributed by atoms with Gasteiger partial charge < -0.3 is 4.42 Å². The number of furan rings is 1. The highest BCUT2D eigenvalue weighted by atomic mass is 35.5. The topological polar surface area (TPSA) is 51.2 Å². The Balaban J connectivity index is 1.95. The smallest absolute Gasteiger partial charge is 0.134 e. The Bertz CT molecular complexity index is 770. The van der Waals surface area contributed by atoms with Crippen molar-refractivity contribution in [2.24, 2.45) is 5.84 Å². The predicted octanol–water partition coefficient (Wildman–Crippen LogP) is 4.49. The van der Waals surface area contributed by atoms with Crippen molar-refractivity contribution in [2.45, 2.75) is 12.5 Å². The molecule has 108 valence electrons. The summed E-state index contributed by atoms with van der Waals surface area (Å²) in [6.45, 7) is 0. The average molecular weight is 321 g/mol. The number of nitrogens with two attached hydrogens (primary N) is 1. The molecule has 1 aromatic heterocycles. The maximum absolute atomic E-state index is 6.23. The van der Waals surface area contributed by atoms with Crippen LogP contribution in [0.3, 0.4) is 0 Å². The Hall–Kier alpha value is -1.52. The van der Waals surface area contributed by atoms with E-state index in [4.69, 9.17) is 33.5 Å². The van der Waals surface area contributed by atoms with E-state index in [2.05, 4.69) is 5.43 Å². The zero-order chi connectivity index (χ0) is 14.8. The van der Waals surface area contributed by atoms with Gasteiger partial charge in [0.05, 0.1) is 12.3 Å². The summed E-state index contributed by atoms with van der Waals surface area (Å²) in [5, 5.41) is 2.30. The monoisotopic (exact) mass is 320 g/mol. The van der Waals surface area contributed by atoms with Gasteiger partial charge in [0.25, 0.3) is 0 Å². The molecule has 0 aliphatic carbocycles. The maximum Gasteiger partial charge on any atom is 0.134 e. The minimum Gasteiger partial charge on any atom is -0.464 e. The molecule has 3 nitrogen and oxygen atoms in total. The second kappa shape index (κ2) is 6.08. The molecule has 1 atom stereocenters. The number of fused-ring (bicyclic) bond motifs is 1. The standard InChI is InChI=1S/C16H14Cl2N2O/c17-11-6-5-10(14(18)8-11)7-15(20-19)13-9-21-16-4-2-1-3-12(13)16/h1-6,8-9,15,20H,7,19H2. The van der Waals surface area contributed by atoms with Gasteiger partial charge in [-0.3, -0.25) is 11.3 Å². The van der Waals surface area contributed by atoms with E-state index in [1.165, 1.54) is 0 Å². The minimum atomic E-state index is -0.0904. The lowest BCUT2D eigenvalue weighted by molar-refractivity contribution is 0.537. The summed E-state index contributed by atoms with van der Waals surface area (Å²) in [5.41, 5.74) is 5.67. The van der Waals surface area contributed by atoms with E-state index in [-0.39, 0.29) is 6.04 Å². The Morgan fingerprint density at radius 3 is 2.71 bits per heavy atom. The number of hydrogen-bond donors (Lipinski definition) is 2. The molecule has 0 radical (unpaired) electrons.